The van der Waals surface area contributed by atoms with Crippen LogP contribution < -0.4 is 20.1 Å². The van der Waals surface area contributed by atoms with Gasteiger partial charge in [0.2, 0.25) is 0 Å². The van der Waals surface area contributed by atoms with Crippen molar-refractivity contribution in [2.75, 3.05) is 33.9 Å². The molecule has 0 fully saturated rings. The number of methoxy groups -OCH3 is 2. The van der Waals surface area contributed by atoms with E-state index in [0.717, 1.165) is 12.1 Å². The summed E-state index contributed by atoms with van der Waals surface area (Å²) < 4.78 is 10.4. The standard InChI is InChI=1S/C16H25N3O3/c1-5-9-18-16(17-6-2)19-11-13(20)12-7-8-14(21-3)15(10-12)22-4/h5,7-8,10,13,20H,1,6,9,11H2,2-4H3,(H2,17,18,19). The number of guanidine groups is 1. The molecule has 122 valence electrons. The highest BCUT2D eigenvalue weighted by Gasteiger charge is 2.11. The molecule has 0 aliphatic rings. The molecule has 1 atom stereocenters. The molecular formula is C16H25N3O3. The number of nitrogens with zero attached hydrogens (tertiary/aromatic N) is 1. The van der Waals surface area contributed by atoms with Crippen molar-refractivity contribution in [1.29, 1.82) is 0 Å². The fraction of sp³-hybridized carbons (Fsp3) is 0.438. The maximum atomic E-state index is 10.3. The summed E-state index contributed by atoms with van der Waals surface area (Å²) in [4.78, 5) is 4.35. The molecule has 0 bridgehead atoms. The van der Waals surface area contributed by atoms with Crippen molar-refractivity contribution in [3.63, 3.8) is 0 Å². The Morgan fingerprint density at radius 2 is 2.05 bits per heavy atom. The Morgan fingerprint density at radius 1 is 1.32 bits per heavy atom. The van der Waals surface area contributed by atoms with Gasteiger partial charge in [-0.15, -0.1) is 6.58 Å². The molecule has 1 unspecified atom stereocenters. The summed E-state index contributed by atoms with van der Waals surface area (Å²) >= 11 is 0. The third-order valence-electron chi connectivity index (χ3n) is 2.97. The van der Waals surface area contributed by atoms with Crippen molar-refractivity contribution in [1.82, 2.24) is 10.6 Å². The first kappa shape index (κ1) is 17.8. The lowest BCUT2D eigenvalue weighted by Crippen LogP contribution is -2.37. The number of aliphatic hydroxyl groups excluding tert-OH is 1. The first-order valence-electron chi connectivity index (χ1n) is 7.19. The molecule has 0 amide bonds. The van der Waals surface area contributed by atoms with Crippen LogP contribution in [0.1, 0.15) is 18.6 Å². The highest BCUT2D eigenvalue weighted by molar-refractivity contribution is 5.79. The Hall–Kier alpha value is -2.21. The predicted octanol–water partition coefficient (Wildman–Crippen LogP) is 1.48. The Morgan fingerprint density at radius 3 is 2.64 bits per heavy atom. The van der Waals surface area contributed by atoms with Crippen LogP contribution in [0.4, 0.5) is 0 Å². The molecule has 0 heterocycles. The van der Waals surface area contributed by atoms with E-state index >= 15 is 0 Å². The minimum absolute atomic E-state index is 0.238. The molecule has 6 heteroatoms. The molecule has 0 aliphatic heterocycles. The molecule has 0 saturated carbocycles. The van der Waals surface area contributed by atoms with Gasteiger partial charge in [0.15, 0.2) is 17.5 Å². The summed E-state index contributed by atoms with van der Waals surface area (Å²) in [6.07, 6.45) is 1.02. The van der Waals surface area contributed by atoms with E-state index in [-0.39, 0.29) is 6.54 Å². The van der Waals surface area contributed by atoms with Crippen molar-refractivity contribution in [3.05, 3.63) is 36.4 Å². The van der Waals surface area contributed by atoms with E-state index in [1.54, 1.807) is 38.5 Å². The van der Waals surface area contributed by atoms with Crippen LogP contribution in [-0.4, -0.2) is 44.9 Å². The summed E-state index contributed by atoms with van der Waals surface area (Å²) in [7, 11) is 3.14. The maximum absolute atomic E-state index is 10.3. The summed E-state index contributed by atoms with van der Waals surface area (Å²) in [6, 6.07) is 5.32. The number of hydrogen-bond donors (Lipinski definition) is 3. The zero-order chi connectivity index (χ0) is 16.4. The Bertz CT molecular complexity index is 503. The third-order valence-corrected chi connectivity index (χ3v) is 2.97. The SMILES string of the molecule is C=CCNC(=NCC(O)c1ccc(OC)c(OC)c1)NCC. The van der Waals surface area contributed by atoms with Gasteiger partial charge in [-0.05, 0) is 24.6 Å². The topological polar surface area (TPSA) is 75.1 Å². The number of benzene rings is 1. The van der Waals surface area contributed by atoms with Crippen LogP contribution in [0.15, 0.2) is 35.8 Å². The van der Waals surface area contributed by atoms with E-state index in [1.165, 1.54) is 0 Å². The lowest BCUT2D eigenvalue weighted by molar-refractivity contribution is 0.186. The Balaban J connectivity index is 2.77. The summed E-state index contributed by atoms with van der Waals surface area (Å²) in [6.45, 7) is 7.23. The molecule has 0 saturated heterocycles. The van der Waals surface area contributed by atoms with Gasteiger partial charge in [-0.2, -0.15) is 0 Å². The summed E-state index contributed by atoms with van der Waals surface area (Å²) in [5, 5.41) is 16.5. The van der Waals surface area contributed by atoms with Crippen molar-refractivity contribution in [3.8, 4) is 11.5 Å². The molecule has 0 aliphatic carbocycles. The average Bonchev–Trinajstić information content (AvgIpc) is 2.56. The molecule has 1 rings (SSSR count). The quantitative estimate of drug-likeness (QED) is 0.385. The van der Waals surface area contributed by atoms with Gasteiger partial charge < -0.3 is 25.2 Å². The minimum Gasteiger partial charge on any atom is -0.493 e. The highest BCUT2D eigenvalue weighted by atomic mass is 16.5. The van der Waals surface area contributed by atoms with E-state index in [1.807, 2.05) is 6.92 Å². The molecule has 22 heavy (non-hydrogen) atoms. The van der Waals surface area contributed by atoms with Crippen LogP contribution in [-0.2, 0) is 0 Å². The van der Waals surface area contributed by atoms with E-state index in [0.29, 0.717) is 24.0 Å². The van der Waals surface area contributed by atoms with Gasteiger partial charge in [0.05, 0.1) is 26.9 Å². The average molecular weight is 307 g/mol. The number of rotatable bonds is 8. The zero-order valence-corrected chi connectivity index (χ0v) is 13.4. The number of hydrogen-bond acceptors (Lipinski definition) is 4. The number of nitrogens with one attached hydrogen (secondary N) is 2. The molecule has 1 aromatic rings. The Kier molecular flexibility index (Phi) is 7.85. The second-order valence-corrected chi connectivity index (χ2v) is 4.52. The number of ether oxygens (including phenoxy) is 2. The van der Waals surface area contributed by atoms with Gasteiger partial charge in [0, 0.05) is 13.1 Å². The second kappa shape index (κ2) is 9.68. The van der Waals surface area contributed by atoms with Gasteiger partial charge in [-0.25, -0.2) is 0 Å². The molecule has 0 radical (unpaired) electrons. The highest BCUT2D eigenvalue weighted by Crippen LogP contribution is 2.29. The van der Waals surface area contributed by atoms with Gasteiger partial charge in [-0.3, -0.25) is 4.99 Å². The van der Waals surface area contributed by atoms with Crippen LogP contribution in [0.3, 0.4) is 0 Å². The van der Waals surface area contributed by atoms with Crippen LogP contribution in [0.2, 0.25) is 0 Å². The second-order valence-electron chi connectivity index (χ2n) is 4.52. The normalized spacial score (nSPS) is 12.5. The number of aliphatic hydroxyl groups is 1. The summed E-state index contributed by atoms with van der Waals surface area (Å²) in [5.74, 6) is 1.85. The van der Waals surface area contributed by atoms with Gasteiger partial charge in [0.1, 0.15) is 0 Å². The maximum Gasteiger partial charge on any atom is 0.191 e. The van der Waals surface area contributed by atoms with Gasteiger partial charge >= 0.3 is 0 Å². The van der Waals surface area contributed by atoms with E-state index in [4.69, 9.17) is 9.47 Å². The largest absolute Gasteiger partial charge is 0.493 e. The van der Waals surface area contributed by atoms with Crippen molar-refractivity contribution >= 4 is 5.96 Å². The van der Waals surface area contributed by atoms with Crippen molar-refractivity contribution in [2.24, 2.45) is 4.99 Å². The molecule has 1 aromatic carbocycles. The van der Waals surface area contributed by atoms with E-state index < -0.39 is 6.10 Å². The molecule has 3 N–H and O–H groups in total. The Labute approximate surface area is 131 Å². The van der Waals surface area contributed by atoms with E-state index in [9.17, 15) is 5.11 Å². The molecule has 6 nitrogen and oxygen atoms in total. The van der Waals surface area contributed by atoms with Crippen LogP contribution in [0, 0.1) is 0 Å². The lowest BCUT2D eigenvalue weighted by Gasteiger charge is -2.14. The predicted molar refractivity (Wildman–Crippen MR) is 88.7 cm³/mol. The zero-order valence-electron chi connectivity index (χ0n) is 13.4. The van der Waals surface area contributed by atoms with Crippen molar-refractivity contribution in [2.45, 2.75) is 13.0 Å². The van der Waals surface area contributed by atoms with Gasteiger partial charge in [-0.1, -0.05) is 12.1 Å². The van der Waals surface area contributed by atoms with Crippen LogP contribution in [0.5, 0.6) is 11.5 Å². The molecule has 0 aromatic heterocycles. The number of aliphatic imine (C=N–C) groups is 1. The van der Waals surface area contributed by atoms with Crippen LogP contribution >= 0.6 is 0 Å². The summed E-state index contributed by atoms with van der Waals surface area (Å²) in [5.41, 5.74) is 0.723. The van der Waals surface area contributed by atoms with Crippen LogP contribution in [0.25, 0.3) is 0 Å². The first-order valence-corrected chi connectivity index (χ1v) is 7.19. The van der Waals surface area contributed by atoms with Gasteiger partial charge in [0.25, 0.3) is 0 Å². The monoisotopic (exact) mass is 307 g/mol. The smallest absolute Gasteiger partial charge is 0.191 e. The minimum atomic E-state index is -0.723. The fourth-order valence-electron chi connectivity index (χ4n) is 1.85. The first-order chi connectivity index (χ1) is 10.7. The fourth-order valence-corrected chi connectivity index (χ4v) is 1.85. The van der Waals surface area contributed by atoms with Crippen molar-refractivity contribution < 1.29 is 14.6 Å². The molecular weight excluding hydrogens is 282 g/mol. The lowest BCUT2D eigenvalue weighted by atomic mass is 10.1. The van der Waals surface area contributed by atoms with E-state index in [2.05, 4.69) is 22.2 Å². The third kappa shape index (κ3) is 5.29. The molecule has 0 spiro atoms.